The Balaban J connectivity index is 1.72. The van der Waals surface area contributed by atoms with E-state index in [0.717, 1.165) is 15.2 Å². The summed E-state index contributed by atoms with van der Waals surface area (Å²) in [7, 11) is 0. The highest BCUT2D eigenvalue weighted by atomic mass is 79.9. The number of carbonyl (C=O) groups is 2. The lowest BCUT2D eigenvalue weighted by atomic mass is 10.1. The zero-order chi connectivity index (χ0) is 17.8. The van der Waals surface area contributed by atoms with Gasteiger partial charge in [0.15, 0.2) is 12.4 Å². The van der Waals surface area contributed by atoms with E-state index < -0.39 is 6.10 Å². The molecule has 0 bridgehead atoms. The molecule has 1 amide bonds. The summed E-state index contributed by atoms with van der Waals surface area (Å²) in [6, 6.07) is 18.7. The number of rotatable bonds is 5. The van der Waals surface area contributed by atoms with Gasteiger partial charge in [-0.25, -0.2) is 0 Å². The molecule has 0 heterocycles. The van der Waals surface area contributed by atoms with Crippen LogP contribution >= 0.6 is 15.9 Å². The van der Waals surface area contributed by atoms with E-state index in [4.69, 9.17) is 4.74 Å². The van der Waals surface area contributed by atoms with Gasteiger partial charge in [0.2, 0.25) is 0 Å². The van der Waals surface area contributed by atoms with Gasteiger partial charge in [-0.05, 0) is 48.0 Å². The molecule has 3 rings (SSSR count). The summed E-state index contributed by atoms with van der Waals surface area (Å²) in [5.74, 6) is 0.0920. The Labute approximate surface area is 153 Å². The number of hydrogen-bond acceptors (Lipinski definition) is 3. The van der Waals surface area contributed by atoms with Crippen LogP contribution in [0.25, 0.3) is 10.8 Å². The number of ether oxygens (including phenoxy) is 1. The fraction of sp³-hybridized carbons (Fsp3) is 0.100. The second-order valence-electron chi connectivity index (χ2n) is 5.61. The van der Waals surface area contributed by atoms with Crippen LogP contribution in [0.1, 0.15) is 17.3 Å². The molecule has 0 aliphatic carbocycles. The Kier molecular flexibility index (Phi) is 5.14. The average molecular weight is 398 g/mol. The first-order chi connectivity index (χ1) is 12.1. The van der Waals surface area contributed by atoms with Crippen LogP contribution < -0.4 is 10.1 Å². The van der Waals surface area contributed by atoms with Gasteiger partial charge in [-0.3, -0.25) is 9.59 Å². The lowest BCUT2D eigenvalue weighted by Crippen LogP contribution is -2.30. The van der Waals surface area contributed by atoms with Gasteiger partial charge in [-0.15, -0.1) is 0 Å². The standard InChI is InChI=1S/C20H16BrNO3/c1-13(25-19-9-7-17(21)10-16(19)12-23)20(24)22-18-8-6-14-4-2-3-5-15(14)11-18/h2-13H,1H3,(H,22,24)/t13-/m0/s1. The summed E-state index contributed by atoms with van der Waals surface area (Å²) < 4.78 is 6.42. The third-order valence-corrected chi connectivity index (χ3v) is 4.28. The Morgan fingerprint density at radius 2 is 1.84 bits per heavy atom. The predicted molar refractivity (Wildman–Crippen MR) is 102 cm³/mol. The monoisotopic (exact) mass is 397 g/mol. The van der Waals surface area contributed by atoms with E-state index in [0.29, 0.717) is 23.3 Å². The minimum atomic E-state index is -0.744. The molecule has 0 spiro atoms. The van der Waals surface area contributed by atoms with Gasteiger partial charge in [0.05, 0.1) is 5.56 Å². The number of anilines is 1. The van der Waals surface area contributed by atoms with Crippen molar-refractivity contribution in [2.75, 3.05) is 5.32 Å². The largest absolute Gasteiger partial charge is 0.480 e. The van der Waals surface area contributed by atoms with Crippen molar-refractivity contribution in [3.05, 3.63) is 70.7 Å². The second-order valence-corrected chi connectivity index (χ2v) is 6.53. The maximum absolute atomic E-state index is 12.4. The van der Waals surface area contributed by atoms with Crippen molar-refractivity contribution in [2.45, 2.75) is 13.0 Å². The van der Waals surface area contributed by atoms with Crippen LogP contribution in [0, 0.1) is 0 Å². The van der Waals surface area contributed by atoms with E-state index in [1.54, 1.807) is 25.1 Å². The molecule has 0 aliphatic heterocycles. The molecule has 126 valence electrons. The van der Waals surface area contributed by atoms with Gasteiger partial charge < -0.3 is 10.1 Å². The summed E-state index contributed by atoms with van der Waals surface area (Å²) >= 11 is 3.30. The Bertz CT molecular complexity index is 939. The molecule has 5 heteroatoms. The lowest BCUT2D eigenvalue weighted by molar-refractivity contribution is -0.122. The highest BCUT2D eigenvalue weighted by Crippen LogP contribution is 2.23. The SMILES string of the molecule is C[C@H](Oc1ccc(Br)cc1C=O)C(=O)Nc1ccc2ccccc2c1. The first-order valence-electron chi connectivity index (χ1n) is 7.78. The van der Waals surface area contributed by atoms with E-state index in [9.17, 15) is 9.59 Å². The Hall–Kier alpha value is -2.66. The molecule has 0 aromatic heterocycles. The molecule has 0 radical (unpaired) electrons. The summed E-state index contributed by atoms with van der Waals surface area (Å²) in [6.45, 7) is 1.65. The first-order valence-corrected chi connectivity index (χ1v) is 8.57. The third kappa shape index (κ3) is 4.06. The van der Waals surface area contributed by atoms with Crippen molar-refractivity contribution in [3.63, 3.8) is 0 Å². The van der Waals surface area contributed by atoms with E-state index in [2.05, 4.69) is 21.2 Å². The number of aldehydes is 1. The average Bonchev–Trinajstić information content (AvgIpc) is 2.62. The molecule has 0 fully saturated rings. The number of hydrogen-bond donors (Lipinski definition) is 1. The van der Waals surface area contributed by atoms with Gasteiger partial charge in [0, 0.05) is 10.2 Å². The smallest absolute Gasteiger partial charge is 0.265 e. The lowest BCUT2D eigenvalue weighted by Gasteiger charge is -2.16. The minimum absolute atomic E-state index is 0.282. The Morgan fingerprint density at radius 3 is 2.60 bits per heavy atom. The molecule has 25 heavy (non-hydrogen) atoms. The summed E-state index contributed by atoms with van der Waals surface area (Å²) in [5.41, 5.74) is 1.09. The maximum atomic E-state index is 12.4. The molecule has 0 unspecified atom stereocenters. The van der Waals surface area contributed by atoms with Gasteiger partial charge in [-0.1, -0.05) is 46.3 Å². The molecule has 0 saturated carbocycles. The molecule has 1 atom stereocenters. The van der Waals surface area contributed by atoms with Crippen LogP contribution in [-0.4, -0.2) is 18.3 Å². The van der Waals surface area contributed by atoms with Gasteiger partial charge in [-0.2, -0.15) is 0 Å². The van der Waals surface area contributed by atoms with Crippen LogP contribution in [0.5, 0.6) is 5.75 Å². The van der Waals surface area contributed by atoms with Gasteiger partial charge in [0.25, 0.3) is 5.91 Å². The molecule has 0 aliphatic rings. The number of nitrogens with one attached hydrogen (secondary N) is 1. The molecular weight excluding hydrogens is 382 g/mol. The van der Waals surface area contributed by atoms with E-state index in [1.165, 1.54) is 0 Å². The van der Waals surface area contributed by atoms with Crippen LogP contribution in [0.3, 0.4) is 0 Å². The summed E-state index contributed by atoms with van der Waals surface area (Å²) in [4.78, 5) is 23.5. The molecule has 1 N–H and O–H groups in total. The predicted octanol–water partition coefficient (Wildman–Crippen LogP) is 4.82. The highest BCUT2D eigenvalue weighted by molar-refractivity contribution is 9.10. The maximum Gasteiger partial charge on any atom is 0.265 e. The van der Waals surface area contributed by atoms with Crippen molar-refractivity contribution in [1.29, 1.82) is 0 Å². The highest BCUT2D eigenvalue weighted by Gasteiger charge is 2.17. The zero-order valence-corrected chi connectivity index (χ0v) is 15.1. The number of halogens is 1. The fourth-order valence-corrected chi connectivity index (χ4v) is 2.85. The second kappa shape index (κ2) is 7.49. The van der Waals surface area contributed by atoms with Gasteiger partial charge in [0.1, 0.15) is 5.75 Å². The van der Waals surface area contributed by atoms with Crippen molar-refractivity contribution in [3.8, 4) is 5.75 Å². The van der Waals surface area contributed by atoms with Crippen LogP contribution in [0.2, 0.25) is 0 Å². The first kappa shape index (κ1) is 17.2. The molecule has 4 nitrogen and oxygen atoms in total. The summed E-state index contributed by atoms with van der Waals surface area (Å²) in [6.07, 6.45) is -0.0417. The van der Waals surface area contributed by atoms with Crippen LogP contribution in [-0.2, 0) is 4.79 Å². The minimum Gasteiger partial charge on any atom is -0.480 e. The van der Waals surface area contributed by atoms with E-state index in [-0.39, 0.29) is 5.91 Å². The zero-order valence-electron chi connectivity index (χ0n) is 13.5. The number of amides is 1. The van der Waals surface area contributed by atoms with Crippen molar-refractivity contribution < 1.29 is 14.3 Å². The van der Waals surface area contributed by atoms with Crippen molar-refractivity contribution >= 4 is 44.6 Å². The van der Waals surface area contributed by atoms with Gasteiger partial charge >= 0.3 is 0 Å². The number of fused-ring (bicyclic) bond motifs is 1. The molecule has 3 aromatic rings. The topological polar surface area (TPSA) is 55.4 Å². The van der Waals surface area contributed by atoms with Crippen molar-refractivity contribution in [1.82, 2.24) is 0 Å². The quantitative estimate of drug-likeness (QED) is 0.627. The van der Waals surface area contributed by atoms with E-state index in [1.807, 2.05) is 42.5 Å². The summed E-state index contributed by atoms with van der Waals surface area (Å²) in [5, 5.41) is 4.99. The van der Waals surface area contributed by atoms with Crippen molar-refractivity contribution in [2.24, 2.45) is 0 Å². The Morgan fingerprint density at radius 1 is 1.08 bits per heavy atom. The fourth-order valence-electron chi connectivity index (χ4n) is 2.47. The molecule has 3 aromatic carbocycles. The van der Waals surface area contributed by atoms with Crippen LogP contribution in [0.4, 0.5) is 5.69 Å². The van der Waals surface area contributed by atoms with E-state index >= 15 is 0 Å². The van der Waals surface area contributed by atoms with Crippen LogP contribution in [0.15, 0.2) is 65.1 Å². The third-order valence-electron chi connectivity index (χ3n) is 3.79. The normalized spacial score (nSPS) is 11.8. The number of carbonyl (C=O) groups excluding carboxylic acids is 2. The number of benzene rings is 3. The molecular formula is C20H16BrNO3. The molecule has 0 saturated heterocycles.